The molecule has 0 aliphatic heterocycles. The molecule has 40 nitrogen and oxygen atoms in total. The highest BCUT2D eigenvalue weighted by molar-refractivity contribution is 4.60. The zero-order valence-corrected chi connectivity index (χ0v) is 83.9. The second-order valence-corrected chi connectivity index (χ2v) is 29.9. The van der Waals surface area contributed by atoms with Crippen LogP contribution in [-0.4, -0.2) is 537 Å². The molecular weight excluding hydrogens is 1780 g/mol. The average molecular weight is 1970 g/mol. The summed E-state index contributed by atoms with van der Waals surface area (Å²) in [6.45, 7) is 41.4. The van der Waals surface area contributed by atoms with Crippen LogP contribution in [0, 0.1) is 0 Å². The van der Waals surface area contributed by atoms with Crippen molar-refractivity contribution in [1.82, 2.24) is 4.90 Å². The Morgan fingerprint density at radius 2 is 0.207 bits per heavy atom. The molecule has 0 heterocycles. The molecule has 0 aromatic carbocycles. The predicted octanol–water partition coefficient (Wildman–Crippen LogP) is 5.76. The molecule has 0 rings (SSSR count). The van der Waals surface area contributed by atoms with Crippen LogP contribution in [0.3, 0.4) is 0 Å². The van der Waals surface area contributed by atoms with Gasteiger partial charge in [-0.15, -0.1) is 0 Å². The van der Waals surface area contributed by atoms with E-state index in [9.17, 15) is 0 Å². The van der Waals surface area contributed by atoms with Crippen LogP contribution in [0.1, 0.15) is 103 Å². The molecule has 0 aliphatic carbocycles. The first kappa shape index (κ1) is 133. The van der Waals surface area contributed by atoms with Crippen molar-refractivity contribution in [3.63, 3.8) is 0 Å². The number of unbranched alkanes of at least 4 members (excludes halogenated alkanes) is 13. The maximum Gasteiger partial charge on any atom is 0.0701 e. The van der Waals surface area contributed by atoms with Gasteiger partial charge < -0.3 is 190 Å². The van der Waals surface area contributed by atoms with E-state index < -0.39 is 0 Å². The predicted molar refractivity (Wildman–Crippen MR) is 506 cm³/mol. The number of ether oxygens (including phenoxy) is 37. The molecule has 0 aromatic heterocycles. The summed E-state index contributed by atoms with van der Waals surface area (Å²) in [7, 11) is 0. The Kier molecular flexibility index (Phi) is 129. The number of aliphatic hydroxyl groups excluding tert-OH is 2. The smallest absolute Gasteiger partial charge is 0.0701 e. The van der Waals surface area contributed by atoms with Gasteiger partial charge in [-0.1, -0.05) is 90.4 Å². The molecule has 0 amide bonds. The minimum Gasteiger partial charge on any atom is -0.394 e. The van der Waals surface area contributed by atoms with Gasteiger partial charge in [-0.3, -0.25) is 0 Å². The number of hydrogen-bond acceptors (Lipinski definition) is 40. The molecule has 0 aromatic rings. The summed E-state index contributed by atoms with van der Waals surface area (Å²) >= 11 is 0. The second-order valence-electron chi connectivity index (χ2n) is 29.9. The van der Waals surface area contributed by atoms with Crippen LogP contribution in [0.25, 0.3) is 0 Å². The van der Waals surface area contributed by atoms with Crippen molar-refractivity contribution in [2.24, 2.45) is 0 Å². The maximum atomic E-state index is 8.64. The zero-order valence-electron chi connectivity index (χ0n) is 83.9. The second kappa shape index (κ2) is 130. The van der Waals surface area contributed by atoms with Crippen LogP contribution in [-0.2, 0) is 175 Å². The van der Waals surface area contributed by atoms with Crippen LogP contribution >= 0.6 is 0 Å². The Balaban J connectivity index is 3.63. The third-order valence-electron chi connectivity index (χ3n) is 18.6. The van der Waals surface area contributed by atoms with E-state index in [0.717, 1.165) is 26.1 Å². The lowest BCUT2D eigenvalue weighted by molar-refractivity contribution is -0.0313. The Labute approximate surface area is 812 Å². The summed E-state index contributed by atoms with van der Waals surface area (Å²) in [5, 5.41) is 17.3. The van der Waals surface area contributed by atoms with E-state index in [2.05, 4.69) is 11.8 Å². The fourth-order valence-electron chi connectivity index (χ4n) is 11.5. The van der Waals surface area contributed by atoms with Gasteiger partial charge in [0.2, 0.25) is 0 Å². The Morgan fingerprint density at radius 1 is 0.104 bits per heavy atom. The third-order valence-corrected chi connectivity index (χ3v) is 18.6. The fourth-order valence-corrected chi connectivity index (χ4v) is 11.5. The summed E-state index contributed by atoms with van der Waals surface area (Å²) in [6.07, 6.45) is 19.9. The minimum absolute atomic E-state index is 0.0154. The van der Waals surface area contributed by atoms with Gasteiger partial charge >= 0.3 is 0 Å². The first-order chi connectivity index (χ1) is 67.3. The Hall–Kier alpha value is -1.60. The van der Waals surface area contributed by atoms with Crippen LogP contribution < -0.4 is 0 Å². The molecule has 40 heteroatoms. The molecule has 0 saturated heterocycles. The number of hydrogen-bond donors (Lipinski definition) is 2. The van der Waals surface area contributed by atoms with E-state index in [0.29, 0.717) is 489 Å². The van der Waals surface area contributed by atoms with Crippen molar-refractivity contribution in [1.29, 1.82) is 0 Å². The largest absolute Gasteiger partial charge is 0.394 e. The Morgan fingerprint density at radius 3 is 0.341 bits per heavy atom. The van der Waals surface area contributed by atoms with Gasteiger partial charge in [0.1, 0.15) is 0 Å². The van der Waals surface area contributed by atoms with E-state index in [-0.39, 0.29) is 13.2 Å². The van der Waals surface area contributed by atoms with Crippen LogP contribution in [0.5, 0.6) is 0 Å². The van der Waals surface area contributed by atoms with Gasteiger partial charge in [-0.05, 0) is 19.4 Å². The van der Waals surface area contributed by atoms with Crippen molar-refractivity contribution in [3.8, 4) is 0 Å². The van der Waals surface area contributed by atoms with E-state index >= 15 is 0 Å². The van der Waals surface area contributed by atoms with Gasteiger partial charge in [0.15, 0.2) is 0 Å². The monoisotopic (exact) mass is 1970 g/mol. The maximum absolute atomic E-state index is 8.64. The highest BCUT2D eigenvalue weighted by Crippen LogP contribution is 2.14. The molecule has 0 radical (unpaired) electrons. The summed E-state index contributed by atoms with van der Waals surface area (Å²) in [6, 6.07) is 0. The lowest BCUT2D eigenvalue weighted by atomic mass is 10.0. The fraction of sp³-hybridized carbons (Fsp3) is 1.00. The summed E-state index contributed by atoms with van der Waals surface area (Å²) in [5.74, 6) is 0. The molecule has 135 heavy (non-hydrogen) atoms. The number of nitrogens with zero attached hydrogens (tertiary/aromatic N) is 1. The summed E-state index contributed by atoms with van der Waals surface area (Å²) in [5.41, 5.74) is 0. The van der Waals surface area contributed by atoms with Gasteiger partial charge in [0.05, 0.1) is 496 Å². The van der Waals surface area contributed by atoms with Crippen molar-refractivity contribution >= 4 is 0 Å². The van der Waals surface area contributed by atoms with Gasteiger partial charge in [0.25, 0.3) is 0 Å². The molecular formula is C95H193NO39. The summed E-state index contributed by atoms with van der Waals surface area (Å²) < 4.78 is 205. The quantitative estimate of drug-likeness (QED) is 0.0683. The molecule has 0 fully saturated rings. The normalized spacial score (nSPS) is 11.9. The molecule has 0 spiro atoms. The van der Waals surface area contributed by atoms with E-state index in [1.165, 1.54) is 89.9 Å². The SMILES string of the molecule is CCCCCCCCCCCCCCCCN(CCCOCCOCCOCCOCCOCCOCCOCCOCCOCCOCCOCCOCCOCCOCCOCCOCCOCCOCCO)CCOCCOCCOCCOCCOCCOCCOCCOCCOCCOCCOCCOCCOCCOCCOCCOCCOCCOCCOCCO. The van der Waals surface area contributed by atoms with E-state index in [1.807, 2.05) is 0 Å². The number of rotatable bonds is 131. The highest BCUT2D eigenvalue weighted by atomic mass is 16.6. The number of aliphatic hydroxyl groups is 2. The summed E-state index contributed by atoms with van der Waals surface area (Å²) in [4.78, 5) is 2.52. The standard InChI is InChI=1S/C95H193NO39/c1-2-3-4-5-6-7-8-9-10-11-12-13-14-15-17-96(18-16-22-99-26-30-103-34-38-107-42-46-111-50-54-115-58-62-119-66-70-123-74-78-127-82-86-131-90-92-133-88-84-129-80-76-125-72-68-121-64-60-117-56-52-113-48-44-109-40-36-105-32-28-101-24-20-97)19-23-100-27-31-104-35-39-108-43-47-112-51-55-116-59-63-120-67-71-124-75-79-128-83-87-132-91-94-135-95-93-134-89-85-130-81-77-126-73-69-122-65-61-118-57-53-114-49-45-110-41-37-106-33-29-102-25-21-98/h97-98H,2-95H2,1H3. The van der Waals surface area contributed by atoms with Crippen LogP contribution in [0.4, 0.5) is 0 Å². The molecule has 2 N–H and O–H groups in total. The van der Waals surface area contributed by atoms with E-state index in [4.69, 9.17) is 185 Å². The molecule has 0 unspecified atom stereocenters. The van der Waals surface area contributed by atoms with Gasteiger partial charge in [-0.25, -0.2) is 0 Å². The molecule has 0 bridgehead atoms. The van der Waals surface area contributed by atoms with E-state index in [1.54, 1.807) is 0 Å². The average Bonchev–Trinajstić information content (AvgIpc) is 0.992. The van der Waals surface area contributed by atoms with Crippen molar-refractivity contribution < 1.29 is 185 Å². The van der Waals surface area contributed by atoms with Gasteiger partial charge in [-0.2, -0.15) is 0 Å². The molecule has 0 atom stereocenters. The van der Waals surface area contributed by atoms with Crippen LogP contribution in [0.15, 0.2) is 0 Å². The van der Waals surface area contributed by atoms with Crippen molar-refractivity contribution in [2.45, 2.75) is 103 Å². The minimum atomic E-state index is 0.0154. The molecule has 812 valence electrons. The van der Waals surface area contributed by atoms with Crippen LogP contribution in [0.2, 0.25) is 0 Å². The molecule has 0 aliphatic rings. The lowest BCUT2D eigenvalue weighted by Crippen LogP contribution is -2.31. The van der Waals surface area contributed by atoms with Crippen molar-refractivity contribution in [2.75, 3.05) is 522 Å². The molecule has 0 saturated carbocycles. The van der Waals surface area contributed by atoms with Crippen molar-refractivity contribution in [3.05, 3.63) is 0 Å². The third kappa shape index (κ3) is 128. The Bertz CT molecular complexity index is 1980. The lowest BCUT2D eigenvalue weighted by Gasteiger charge is -2.22. The topological polar surface area (TPSA) is 385 Å². The first-order valence-electron chi connectivity index (χ1n) is 50.7. The zero-order chi connectivity index (χ0) is 96.2. The highest BCUT2D eigenvalue weighted by Gasteiger charge is 2.09. The first-order valence-corrected chi connectivity index (χ1v) is 50.7. The van der Waals surface area contributed by atoms with Gasteiger partial charge in [0, 0.05) is 19.7 Å².